The van der Waals surface area contributed by atoms with Crippen LogP contribution in [-0.2, 0) is 9.47 Å². The van der Waals surface area contributed by atoms with Crippen LogP contribution in [0.5, 0.6) is 0 Å². The summed E-state index contributed by atoms with van der Waals surface area (Å²) in [6.45, 7) is 8.82. The van der Waals surface area contributed by atoms with Crippen molar-refractivity contribution in [2.24, 2.45) is 0 Å². The molecule has 0 aromatic heterocycles. The third-order valence-electron chi connectivity index (χ3n) is 1.66. The molecule has 0 amide bonds. The molecular weight excluding hydrogens is 188 g/mol. The highest BCUT2D eigenvalue weighted by Crippen LogP contribution is 2.04. The van der Waals surface area contributed by atoms with Gasteiger partial charge in [0.05, 0.1) is 0 Å². The topological polar surface area (TPSA) is 18.5 Å². The molecule has 0 rings (SSSR count). The quantitative estimate of drug-likeness (QED) is 0.473. The molecule has 0 radical (unpaired) electrons. The normalized spacial score (nSPS) is 10.3. The summed E-state index contributed by atoms with van der Waals surface area (Å²) in [5.41, 5.74) is 0. The third-order valence-corrected chi connectivity index (χ3v) is 1.66. The summed E-state index contributed by atoms with van der Waals surface area (Å²) < 4.78 is 10.8. The van der Waals surface area contributed by atoms with Gasteiger partial charge in [-0.2, -0.15) is 0 Å². The molecule has 0 saturated heterocycles. The van der Waals surface area contributed by atoms with Gasteiger partial charge in [0, 0.05) is 19.6 Å². The van der Waals surface area contributed by atoms with Gasteiger partial charge < -0.3 is 9.47 Å². The Kier molecular flexibility index (Phi) is 10.3. The van der Waals surface area contributed by atoms with E-state index in [1.807, 2.05) is 26.0 Å². The lowest BCUT2D eigenvalue weighted by atomic mass is 10.3. The van der Waals surface area contributed by atoms with Crippen molar-refractivity contribution in [3.8, 4) is 11.8 Å². The SMILES string of the molecule is C=CC#CC=CCCC(OCC)OCC. The van der Waals surface area contributed by atoms with Gasteiger partial charge in [-0.1, -0.05) is 24.5 Å². The molecule has 2 heteroatoms. The number of hydrogen-bond acceptors (Lipinski definition) is 2. The molecule has 0 aliphatic carbocycles. The number of rotatable bonds is 7. The standard InChI is InChI=1S/C13H20O2/c1-4-7-8-9-10-11-12-13(14-5-2)15-6-3/h4,9-10,13H,1,5-6,11-12H2,2-3H3. The highest BCUT2D eigenvalue weighted by atomic mass is 16.7. The van der Waals surface area contributed by atoms with Gasteiger partial charge in [-0.25, -0.2) is 0 Å². The smallest absolute Gasteiger partial charge is 0.157 e. The predicted octanol–water partition coefficient (Wildman–Crippen LogP) is 2.91. The summed E-state index contributed by atoms with van der Waals surface area (Å²) in [4.78, 5) is 0. The van der Waals surface area contributed by atoms with Crippen molar-refractivity contribution in [2.45, 2.75) is 33.0 Å². The Morgan fingerprint density at radius 2 is 1.87 bits per heavy atom. The van der Waals surface area contributed by atoms with Crippen molar-refractivity contribution in [1.82, 2.24) is 0 Å². The second-order valence-electron chi connectivity index (χ2n) is 2.81. The number of hydrogen-bond donors (Lipinski definition) is 0. The predicted molar refractivity (Wildman–Crippen MR) is 63.4 cm³/mol. The Labute approximate surface area is 93.0 Å². The fourth-order valence-electron chi connectivity index (χ4n) is 1.07. The van der Waals surface area contributed by atoms with Gasteiger partial charge in [-0.3, -0.25) is 0 Å². The van der Waals surface area contributed by atoms with E-state index in [1.54, 1.807) is 6.08 Å². The van der Waals surface area contributed by atoms with Crippen LogP contribution in [0.3, 0.4) is 0 Å². The van der Waals surface area contributed by atoms with Crippen LogP contribution >= 0.6 is 0 Å². The zero-order chi connectivity index (χ0) is 11.4. The van der Waals surface area contributed by atoms with Crippen LogP contribution in [0.15, 0.2) is 24.8 Å². The van der Waals surface area contributed by atoms with Gasteiger partial charge in [-0.15, -0.1) is 0 Å². The largest absolute Gasteiger partial charge is 0.353 e. The van der Waals surface area contributed by atoms with Crippen molar-refractivity contribution in [1.29, 1.82) is 0 Å². The lowest BCUT2D eigenvalue weighted by Crippen LogP contribution is -2.16. The molecule has 15 heavy (non-hydrogen) atoms. The number of allylic oxidation sites excluding steroid dienone is 3. The molecule has 0 bridgehead atoms. The first-order valence-electron chi connectivity index (χ1n) is 5.35. The van der Waals surface area contributed by atoms with Crippen LogP contribution in [-0.4, -0.2) is 19.5 Å². The highest BCUT2D eigenvalue weighted by Gasteiger charge is 2.05. The summed E-state index contributed by atoms with van der Waals surface area (Å²) >= 11 is 0. The lowest BCUT2D eigenvalue weighted by Gasteiger charge is -2.15. The molecule has 0 unspecified atom stereocenters. The van der Waals surface area contributed by atoms with E-state index >= 15 is 0 Å². The Morgan fingerprint density at radius 3 is 2.40 bits per heavy atom. The first-order chi connectivity index (χ1) is 7.35. The van der Waals surface area contributed by atoms with Gasteiger partial charge >= 0.3 is 0 Å². The van der Waals surface area contributed by atoms with Gasteiger partial charge in [0.25, 0.3) is 0 Å². The molecule has 0 heterocycles. The molecule has 0 aliphatic heterocycles. The van der Waals surface area contributed by atoms with Gasteiger partial charge in [0.2, 0.25) is 0 Å². The molecule has 0 saturated carbocycles. The maximum absolute atomic E-state index is 5.40. The molecular formula is C13H20O2. The Hall–Kier alpha value is -1.04. The van der Waals surface area contributed by atoms with Crippen LogP contribution < -0.4 is 0 Å². The average molecular weight is 208 g/mol. The molecule has 2 nitrogen and oxygen atoms in total. The minimum absolute atomic E-state index is 0.0861. The van der Waals surface area contributed by atoms with Crippen molar-refractivity contribution in [2.75, 3.05) is 13.2 Å². The average Bonchev–Trinajstić information content (AvgIpc) is 2.24. The first-order valence-corrected chi connectivity index (χ1v) is 5.35. The molecule has 0 aliphatic rings. The van der Waals surface area contributed by atoms with E-state index in [2.05, 4.69) is 18.4 Å². The van der Waals surface area contributed by atoms with E-state index in [0.29, 0.717) is 13.2 Å². The van der Waals surface area contributed by atoms with Crippen LogP contribution in [0.1, 0.15) is 26.7 Å². The Balaban J connectivity index is 3.68. The van der Waals surface area contributed by atoms with Crippen molar-refractivity contribution >= 4 is 0 Å². The van der Waals surface area contributed by atoms with E-state index in [9.17, 15) is 0 Å². The molecule has 0 aromatic rings. The minimum Gasteiger partial charge on any atom is -0.353 e. The van der Waals surface area contributed by atoms with E-state index in [1.165, 1.54) is 0 Å². The van der Waals surface area contributed by atoms with Crippen LogP contribution in [0.25, 0.3) is 0 Å². The summed E-state index contributed by atoms with van der Waals surface area (Å²) in [5.74, 6) is 5.59. The zero-order valence-electron chi connectivity index (χ0n) is 9.66. The summed E-state index contributed by atoms with van der Waals surface area (Å²) in [6, 6.07) is 0. The molecule has 84 valence electrons. The molecule has 0 spiro atoms. The monoisotopic (exact) mass is 208 g/mol. The van der Waals surface area contributed by atoms with Gasteiger partial charge in [0.15, 0.2) is 6.29 Å². The fraction of sp³-hybridized carbons (Fsp3) is 0.538. The van der Waals surface area contributed by atoms with Crippen LogP contribution in [0, 0.1) is 11.8 Å². The second-order valence-corrected chi connectivity index (χ2v) is 2.81. The molecule has 0 fully saturated rings. The Morgan fingerprint density at radius 1 is 1.20 bits per heavy atom. The van der Waals surface area contributed by atoms with Crippen LogP contribution in [0.4, 0.5) is 0 Å². The summed E-state index contributed by atoms with van der Waals surface area (Å²) in [6.07, 6.45) is 7.12. The third kappa shape index (κ3) is 9.27. The summed E-state index contributed by atoms with van der Waals surface area (Å²) in [5, 5.41) is 0. The van der Waals surface area contributed by atoms with Crippen molar-refractivity contribution < 1.29 is 9.47 Å². The maximum atomic E-state index is 5.40. The van der Waals surface area contributed by atoms with E-state index in [-0.39, 0.29) is 6.29 Å². The molecule has 0 aromatic carbocycles. The van der Waals surface area contributed by atoms with Gasteiger partial charge in [-0.05, 0) is 32.4 Å². The first kappa shape index (κ1) is 14.0. The van der Waals surface area contributed by atoms with Crippen molar-refractivity contribution in [3.05, 3.63) is 24.8 Å². The van der Waals surface area contributed by atoms with Gasteiger partial charge in [0.1, 0.15) is 0 Å². The zero-order valence-corrected chi connectivity index (χ0v) is 9.66. The highest BCUT2D eigenvalue weighted by molar-refractivity contribution is 5.21. The van der Waals surface area contributed by atoms with E-state index in [0.717, 1.165) is 12.8 Å². The Bertz CT molecular complexity index is 227. The van der Waals surface area contributed by atoms with E-state index in [4.69, 9.17) is 9.47 Å². The molecule has 0 atom stereocenters. The summed E-state index contributed by atoms with van der Waals surface area (Å²) in [7, 11) is 0. The lowest BCUT2D eigenvalue weighted by molar-refractivity contribution is -0.138. The molecule has 0 N–H and O–H groups in total. The van der Waals surface area contributed by atoms with Crippen LogP contribution in [0.2, 0.25) is 0 Å². The van der Waals surface area contributed by atoms with Crippen molar-refractivity contribution in [3.63, 3.8) is 0 Å². The maximum Gasteiger partial charge on any atom is 0.157 e. The number of ether oxygens (including phenoxy) is 2. The van der Waals surface area contributed by atoms with E-state index < -0.39 is 0 Å². The second kappa shape index (κ2) is 11.0. The minimum atomic E-state index is -0.0861. The fourth-order valence-corrected chi connectivity index (χ4v) is 1.07.